The van der Waals surface area contributed by atoms with Gasteiger partial charge in [0.2, 0.25) is 10.0 Å². The van der Waals surface area contributed by atoms with E-state index in [0.29, 0.717) is 0 Å². The second-order valence-electron chi connectivity index (χ2n) is 7.48. The molecule has 0 aliphatic carbocycles. The molecule has 0 saturated heterocycles. The van der Waals surface area contributed by atoms with Crippen molar-refractivity contribution in [2.75, 3.05) is 0 Å². The molecule has 4 nitrogen and oxygen atoms in total. The minimum atomic E-state index is -4.25. The minimum absolute atomic E-state index is 0.0386. The van der Waals surface area contributed by atoms with Crippen LogP contribution in [0, 0.1) is 6.92 Å². The Kier molecular flexibility index (Phi) is 6.03. The second kappa shape index (κ2) is 7.61. The monoisotopic (exact) mass is 411 g/mol. The normalized spacial score (nSPS) is 14.0. The van der Waals surface area contributed by atoms with Crippen LogP contribution >= 0.6 is 0 Å². The summed E-state index contributed by atoms with van der Waals surface area (Å²) < 4.78 is 57.7. The fourth-order valence-electron chi connectivity index (χ4n) is 2.56. The predicted octanol–water partition coefficient (Wildman–Crippen LogP) is 4.10. The lowest BCUT2D eigenvalue weighted by Crippen LogP contribution is -2.53. The summed E-state index contributed by atoms with van der Waals surface area (Å²) in [4.78, 5) is 12.3. The van der Waals surface area contributed by atoms with Gasteiger partial charge in [-0.25, -0.2) is 8.42 Å². The van der Waals surface area contributed by atoms with Crippen LogP contribution in [0.25, 0.3) is 0 Å². The molecule has 0 saturated carbocycles. The van der Waals surface area contributed by atoms with Crippen molar-refractivity contribution in [3.8, 4) is 0 Å². The van der Waals surface area contributed by atoms with Crippen LogP contribution in [0.5, 0.6) is 0 Å². The zero-order chi connectivity index (χ0) is 20.5. The number of hydrogen-bond donors (Lipinski definition) is 1. The second-order valence-corrected chi connectivity index (χ2v) is 14.1. The van der Waals surface area contributed by atoms with E-state index in [9.17, 15) is 13.2 Å². The van der Waals surface area contributed by atoms with Gasteiger partial charge in [0.15, 0.2) is 5.41 Å². The number of halogens is 2. The molecule has 0 bridgehead atoms. The summed E-state index contributed by atoms with van der Waals surface area (Å²) in [6, 6.07) is 11.3. The third-order valence-corrected chi connectivity index (χ3v) is 7.22. The van der Waals surface area contributed by atoms with Gasteiger partial charge in [-0.3, -0.25) is 4.79 Å². The maximum atomic E-state index is 15.2. The molecule has 27 heavy (non-hydrogen) atoms. The average molecular weight is 412 g/mol. The van der Waals surface area contributed by atoms with Crippen LogP contribution in [-0.2, 0) is 14.8 Å². The fourth-order valence-corrected chi connectivity index (χ4v) is 4.95. The maximum absolute atomic E-state index is 15.2. The Bertz CT molecular complexity index is 908. The predicted molar refractivity (Wildman–Crippen MR) is 104 cm³/mol. The molecular formula is C19H23F2NO3SSi. The van der Waals surface area contributed by atoms with Crippen molar-refractivity contribution in [1.29, 1.82) is 0 Å². The van der Waals surface area contributed by atoms with Crippen molar-refractivity contribution in [2.45, 2.75) is 43.4 Å². The van der Waals surface area contributed by atoms with Crippen molar-refractivity contribution in [3.05, 3.63) is 65.7 Å². The first-order valence-electron chi connectivity index (χ1n) is 8.42. The van der Waals surface area contributed by atoms with Crippen LogP contribution in [0.2, 0.25) is 19.6 Å². The van der Waals surface area contributed by atoms with Crippen molar-refractivity contribution in [3.63, 3.8) is 0 Å². The highest BCUT2D eigenvalue weighted by Gasteiger charge is 2.53. The number of alkyl halides is 2. The molecule has 1 N–H and O–H groups in total. The number of sulfonamides is 1. The van der Waals surface area contributed by atoms with Crippen LogP contribution in [0.3, 0.4) is 0 Å². The summed E-state index contributed by atoms with van der Waals surface area (Å²) in [6.45, 7) is 6.34. The van der Waals surface area contributed by atoms with Crippen LogP contribution < -0.4 is 4.72 Å². The van der Waals surface area contributed by atoms with Gasteiger partial charge in [-0.1, -0.05) is 67.7 Å². The van der Waals surface area contributed by atoms with Crippen molar-refractivity contribution >= 4 is 23.5 Å². The molecule has 0 aliphatic rings. The maximum Gasteiger partial charge on any atom is 0.320 e. The Balaban J connectivity index is 2.54. The smallest absolute Gasteiger partial charge is 0.299 e. The van der Waals surface area contributed by atoms with Gasteiger partial charge < -0.3 is 0 Å². The van der Waals surface area contributed by atoms with E-state index < -0.39 is 35.5 Å². The van der Waals surface area contributed by atoms with E-state index in [2.05, 4.69) is 4.72 Å². The Morgan fingerprint density at radius 1 is 1.00 bits per heavy atom. The molecule has 2 aromatic carbocycles. The lowest BCUT2D eigenvalue weighted by atomic mass is 10.0. The van der Waals surface area contributed by atoms with Gasteiger partial charge in [0.05, 0.1) is 4.90 Å². The topological polar surface area (TPSA) is 63.2 Å². The van der Waals surface area contributed by atoms with Gasteiger partial charge >= 0.3 is 5.92 Å². The molecule has 0 aliphatic heterocycles. The Morgan fingerprint density at radius 3 is 2.00 bits per heavy atom. The average Bonchev–Trinajstić information content (AvgIpc) is 2.60. The fraction of sp³-hybridized carbons (Fsp3) is 0.316. The molecular weight excluding hydrogens is 388 g/mol. The van der Waals surface area contributed by atoms with E-state index in [0.717, 1.165) is 5.56 Å². The number of rotatable bonds is 7. The van der Waals surface area contributed by atoms with E-state index in [1.165, 1.54) is 56.0 Å². The summed E-state index contributed by atoms with van der Waals surface area (Å²) in [6.07, 6.45) is 0. The number of carbonyl (C=O) groups is 1. The van der Waals surface area contributed by atoms with Crippen molar-refractivity contribution in [1.82, 2.24) is 4.72 Å². The summed E-state index contributed by atoms with van der Waals surface area (Å²) in [7, 11) is -7.13. The first-order chi connectivity index (χ1) is 12.4. The van der Waals surface area contributed by atoms with Gasteiger partial charge in [0.25, 0.3) is 0 Å². The third kappa shape index (κ3) is 4.88. The first-order valence-corrected chi connectivity index (χ1v) is 13.4. The lowest BCUT2D eigenvalue weighted by Gasteiger charge is -2.31. The van der Waals surface area contributed by atoms with Gasteiger partial charge in [0.1, 0.15) is 14.1 Å². The molecule has 2 rings (SSSR count). The van der Waals surface area contributed by atoms with Crippen molar-refractivity contribution in [2.24, 2.45) is 0 Å². The molecule has 0 fully saturated rings. The Morgan fingerprint density at radius 2 is 1.52 bits per heavy atom. The molecule has 1 unspecified atom stereocenters. The Labute approximate surface area is 159 Å². The standard InChI is InChI=1S/C19H23F2NO3SSi/c1-14-10-12-15(13-11-14)17(19(20,21)18(23)27(2,3)4)22-26(24,25)16-8-6-5-7-9-16/h5-13,17,22H,1-4H3. The first kappa shape index (κ1) is 21.4. The van der Waals surface area contributed by atoms with Crippen LogP contribution in [0.15, 0.2) is 59.5 Å². The largest absolute Gasteiger partial charge is 0.320 e. The minimum Gasteiger partial charge on any atom is -0.299 e. The molecule has 2 aromatic rings. The molecule has 0 amide bonds. The molecule has 0 aromatic heterocycles. The highest BCUT2D eigenvalue weighted by atomic mass is 32.2. The van der Waals surface area contributed by atoms with E-state index >= 15 is 8.78 Å². The molecule has 146 valence electrons. The number of carbonyl (C=O) groups excluding carboxylic acids is 1. The quantitative estimate of drug-likeness (QED) is 0.698. The van der Waals surface area contributed by atoms with E-state index in [-0.39, 0.29) is 10.5 Å². The zero-order valence-corrected chi connectivity index (χ0v) is 17.5. The summed E-state index contributed by atoms with van der Waals surface area (Å²) in [5.74, 6) is -3.87. The van der Waals surface area contributed by atoms with Crippen LogP contribution in [0.4, 0.5) is 8.78 Å². The van der Waals surface area contributed by atoms with Gasteiger partial charge in [-0.2, -0.15) is 13.5 Å². The molecule has 0 heterocycles. The highest BCUT2D eigenvalue weighted by Crippen LogP contribution is 2.36. The van der Waals surface area contributed by atoms with Gasteiger partial charge in [-0.15, -0.1) is 0 Å². The third-order valence-electron chi connectivity index (χ3n) is 4.08. The van der Waals surface area contributed by atoms with Crippen molar-refractivity contribution < 1.29 is 22.0 Å². The molecule has 1 atom stereocenters. The lowest BCUT2D eigenvalue weighted by molar-refractivity contribution is -0.139. The number of nitrogens with one attached hydrogen (secondary N) is 1. The molecule has 0 spiro atoms. The van der Waals surface area contributed by atoms with Crippen LogP contribution in [0.1, 0.15) is 17.2 Å². The van der Waals surface area contributed by atoms with E-state index in [1.807, 2.05) is 0 Å². The summed E-state index contributed by atoms with van der Waals surface area (Å²) in [5, 5.41) is -1.20. The zero-order valence-electron chi connectivity index (χ0n) is 15.7. The SMILES string of the molecule is Cc1ccc(C(NS(=O)(=O)c2ccccc2)C(F)(F)C(=O)[Si](C)(C)C)cc1. The summed E-state index contributed by atoms with van der Waals surface area (Å²) >= 11 is 0. The number of hydrogen-bond acceptors (Lipinski definition) is 3. The van der Waals surface area contributed by atoms with Gasteiger partial charge in [-0.05, 0) is 24.6 Å². The Hall–Kier alpha value is -1.90. The number of benzene rings is 2. The van der Waals surface area contributed by atoms with E-state index in [1.54, 1.807) is 25.1 Å². The summed E-state index contributed by atoms with van der Waals surface area (Å²) in [5.41, 5.74) is 0.875. The number of aryl methyl sites for hydroxylation is 1. The highest BCUT2D eigenvalue weighted by molar-refractivity contribution is 7.89. The van der Waals surface area contributed by atoms with E-state index in [4.69, 9.17) is 0 Å². The van der Waals surface area contributed by atoms with Crippen LogP contribution in [-0.4, -0.2) is 27.8 Å². The van der Waals surface area contributed by atoms with Gasteiger partial charge in [0, 0.05) is 0 Å². The molecule has 0 radical (unpaired) electrons. The molecule has 8 heteroatoms.